The third-order valence-corrected chi connectivity index (χ3v) is 5.65. The second-order valence-electron chi connectivity index (χ2n) is 7.63. The number of aromatic nitrogens is 1. The number of hydrogen-bond donors (Lipinski definition) is 1. The largest absolute Gasteiger partial charge is 0.335 e. The van der Waals surface area contributed by atoms with Crippen molar-refractivity contribution < 1.29 is 14.5 Å². The second kappa shape index (κ2) is 8.51. The molecule has 4 rings (SSSR count). The van der Waals surface area contributed by atoms with Crippen molar-refractivity contribution in [1.82, 2.24) is 9.88 Å². The number of nitro benzene ring substituents is 1. The lowest BCUT2D eigenvalue weighted by Crippen LogP contribution is -2.33. The molecule has 0 saturated carbocycles. The Morgan fingerprint density at radius 2 is 2.13 bits per heavy atom. The number of nitrogens with one attached hydrogen (secondary N) is 1. The number of pyridine rings is 1. The highest BCUT2D eigenvalue weighted by Crippen LogP contribution is 2.30. The highest BCUT2D eigenvalue weighted by atomic mass is 16.6. The zero-order valence-corrected chi connectivity index (χ0v) is 17.1. The van der Waals surface area contributed by atoms with Crippen molar-refractivity contribution in [2.75, 3.05) is 18.4 Å². The fourth-order valence-corrected chi connectivity index (χ4v) is 3.92. The van der Waals surface area contributed by atoms with Crippen LogP contribution in [0.4, 0.5) is 11.5 Å². The summed E-state index contributed by atoms with van der Waals surface area (Å²) < 4.78 is 0. The maximum absolute atomic E-state index is 12.6. The molecule has 1 N–H and O–H groups in total. The summed E-state index contributed by atoms with van der Waals surface area (Å²) in [5, 5.41) is 13.9. The lowest BCUT2D eigenvalue weighted by atomic mass is 9.94. The number of carbonyl (C=O) groups excluding carboxylic acids is 2. The summed E-state index contributed by atoms with van der Waals surface area (Å²) in [6.45, 7) is 2.76. The molecule has 2 aliphatic heterocycles. The molecule has 0 aliphatic carbocycles. The minimum Gasteiger partial charge on any atom is -0.335 e. The van der Waals surface area contributed by atoms with Crippen molar-refractivity contribution in [3.05, 3.63) is 75.0 Å². The van der Waals surface area contributed by atoms with Gasteiger partial charge in [0.15, 0.2) is 0 Å². The van der Waals surface area contributed by atoms with Gasteiger partial charge in [0.1, 0.15) is 5.82 Å². The highest BCUT2D eigenvalue weighted by molar-refractivity contribution is 5.94. The Labute approximate surface area is 179 Å². The highest BCUT2D eigenvalue weighted by Gasteiger charge is 2.20. The summed E-state index contributed by atoms with van der Waals surface area (Å²) >= 11 is 0. The average Bonchev–Trinajstić information content (AvgIpc) is 2.77. The first-order valence-electron chi connectivity index (χ1n) is 10.1. The van der Waals surface area contributed by atoms with Gasteiger partial charge in [-0.1, -0.05) is 18.2 Å². The van der Waals surface area contributed by atoms with E-state index in [-0.39, 0.29) is 22.4 Å². The molecule has 8 heteroatoms. The Morgan fingerprint density at radius 1 is 1.29 bits per heavy atom. The van der Waals surface area contributed by atoms with E-state index < -0.39 is 0 Å². The Hall–Kier alpha value is -3.81. The summed E-state index contributed by atoms with van der Waals surface area (Å²) in [7, 11) is 0. The van der Waals surface area contributed by atoms with Crippen molar-refractivity contribution in [2.45, 2.75) is 26.2 Å². The molecule has 0 fully saturated rings. The predicted molar refractivity (Wildman–Crippen MR) is 117 cm³/mol. The van der Waals surface area contributed by atoms with Crippen LogP contribution >= 0.6 is 0 Å². The quantitative estimate of drug-likeness (QED) is 0.465. The summed E-state index contributed by atoms with van der Waals surface area (Å²) in [5.74, 6) is 0.457. The van der Waals surface area contributed by atoms with Gasteiger partial charge in [0.25, 0.3) is 5.69 Å². The molecule has 2 aromatic rings. The van der Waals surface area contributed by atoms with Gasteiger partial charge in [-0.2, -0.15) is 0 Å². The van der Waals surface area contributed by atoms with E-state index in [0.29, 0.717) is 43.7 Å². The molecule has 0 unspecified atom stereocenters. The molecular weight excluding hydrogens is 396 g/mol. The molecule has 1 aromatic carbocycles. The first-order chi connectivity index (χ1) is 14.9. The fourth-order valence-electron chi connectivity index (χ4n) is 3.92. The number of fused-ring (bicyclic) bond motifs is 1. The number of amides is 2. The maximum Gasteiger partial charge on any atom is 0.272 e. The SMILES string of the molecule is Cc1c(C2=CCN(C(=O)/C=C/c3cnc4c(c3)CCC(=O)N4)CC2)cccc1[N+](=O)[O-]. The van der Waals surface area contributed by atoms with E-state index in [2.05, 4.69) is 10.3 Å². The van der Waals surface area contributed by atoms with Gasteiger partial charge in [-0.25, -0.2) is 4.98 Å². The van der Waals surface area contributed by atoms with Gasteiger partial charge in [0, 0.05) is 43.4 Å². The number of hydrogen-bond acceptors (Lipinski definition) is 5. The van der Waals surface area contributed by atoms with Crippen LogP contribution in [0.5, 0.6) is 0 Å². The number of nitro groups is 1. The van der Waals surface area contributed by atoms with Crippen LogP contribution in [0.15, 0.2) is 42.6 Å². The van der Waals surface area contributed by atoms with E-state index in [4.69, 9.17) is 0 Å². The zero-order chi connectivity index (χ0) is 22.0. The molecule has 1 aromatic heterocycles. The Morgan fingerprint density at radius 3 is 2.87 bits per heavy atom. The van der Waals surface area contributed by atoms with Gasteiger partial charge >= 0.3 is 0 Å². The Kier molecular flexibility index (Phi) is 5.62. The van der Waals surface area contributed by atoms with Crippen molar-refractivity contribution in [3.8, 4) is 0 Å². The van der Waals surface area contributed by atoms with E-state index >= 15 is 0 Å². The predicted octanol–water partition coefficient (Wildman–Crippen LogP) is 3.51. The van der Waals surface area contributed by atoms with E-state index in [0.717, 1.165) is 22.3 Å². The average molecular weight is 418 g/mol. The summed E-state index contributed by atoms with van der Waals surface area (Å²) in [6.07, 6.45) is 8.58. The molecule has 0 atom stereocenters. The number of benzene rings is 1. The molecule has 0 radical (unpaired) electrons. The van der Waals surface area contributed by atoms with Crippen LogP contribution in [0.25, 0.3) is 11.6 Å². The summed E-state index contributed by atoms with van der Waals surface area (Å²) in [5.41, 5.74) is 4.42. The summed E-state index contributed by atoms with van der Waals surface area (Å²) in [6, 6.07) is 7.02. The minimum atomic E-state index is -0.369. The minimum absolute atomic E-state index is 0.0312. The number of aryl methyl sites for hydroxylation is 1. The lowest BCUT2D eigenvalue weighted by molar-refractivity contribution is -0.385. The fraction of sp³-hybridized carbons (Fsp3) is 0.261. The van der Waals surface area contributed by atoms with Crippen LogP contribution in [0.2, 0.25) is 0 Å². The van der Waals surface area contributed by atoms with Crippen molar-refractivity contribution >= 4 is 35.0 Å². The van der Waals surface area contributed by atoms with Crippen LogP contribution in [0.1, 0.15) is 35.1 Å². The number of rotatable bonds is 4. The van der Waals surface area contributed by atoms with Gasteiger partial charge < -0.3 is 10.2 Å². The van der Waals surface area contributed by atoms with Gasteiger partial charge in [-0.3, -0.25) is 19.7 Å². The topological polar surface area (TPSA) is 105 Å². The standard InChI is InChI=1S/C23H22N4O4/c1-15-19(3-2-4-20(15)27(30)31)17-9-11-26(12-10-17)22(29)8-5-16-13-18-6-7-21(28)25-23(18)24-14-16/h2-5,8-9,13-14H,6-7,10-12H2,1H3,(H,24,25,28)/b8-5+. The van der Waals surface area contributed by atoms with Gasteiger partial charge in [0.05, 0.1) is 4.92 Å². The number of carbonyl (C=O) groups is 2. The molecule has 0 spiro atoms. The van der Waals surface area contributed by atoms with Crippen LogP contribution in [0.3, 0.4) is 0 Å². The van der Waals surface area contributed by atoms with E-state index in [1.165, 1.54) is 12.1 Å². The van der Waals surface area contributed by atoms with Crippen molar-refractivity contribution in [3.63, 3.8) is 0 Å². The van der Waals surface area contributed by atoms with Crippen LogP contribution in [0, 0.1) is 17.0 Å². The van der Waals surface area contributed by atoms with Gasteiger partial charge in [-0.05, 0) is 54.2 Å². The van der Waals surface area contributed by atoms with Crippen LogP contribution in [-0.2, 0) is 16.0 Å². The normalized spacial score (nSPS) is 16.0. The molecule has 0 bridgehead atoms. The zero-order valence-electron chi connectivity index (χ0n) is 17.1. The molecule has 0 saturated heterocycles. The van der Waals surface area contributed by atoms with Crippen LogP contribution < -0.4 is 5.32 Å². The van der Waals surface area contributed by atoms with E-state index in [1.807, 2.05) is 18.2 Å². The molecule has 158 valence electrons. The van der Waals surface area contributed by atoms with Crippen molar-refractivity contribution in [2.24, 2.45) is 0 Å². The van der Waals surface area contributed by atoms with E-state index in [1.54, 1.807) is 30.2 Å². The molecule has 8 nitrogen and oxygen atoms in total. The van der Waals surface area contributed by atoms with Crippen molar-refractivity contribution in [1.29, 1.82) is 0 Å². The lowest BCUT2D eigenvalue weighted by Gasteiger charge is -2.26. The molecular formula is C23H22N4O4. The molecule has 31 heavy (non-hydrogen) atoms. The third kappa shape index (κ3) is 4.37. The first kappa shape index (κ1) is 20.5. The van der Waals surface area contributed by atoms with E-state index in [9.17, 15) is 19.7 Å². The van der Waals surface area contributed by atoms with Crippen LogP contribution in [-0.4, -0.2) is 39.7 Å². The third-order valence-electron chi connectivity index (χ3n) is 5.65. The smallest absolute Gasteiger partial charge is 0.272 e. The summed E-state index contributed by atoms with van der Waals surface area (Å²) in [4.78, 5) is 40.8. The number of nitrogens with zero attached hydrogens (tertiary/aromatic N) is 3. The molecule has 2 amide bonds. The second-order valence-corrected chi connectivity index (χ2v) is 7.63. The first-order valence-corrected chi connectivity index (χ1v) is 10.1. The monoisotopic (exact) mass is 418 g/mol. The Bertz CT molecular complexity index is 1140. The molecule has 2 aliphatic rings. The molecule has 3 heterocycles. The maximum atomic E-state index is 12.6. The van der Waals surface area contributed by atoms with Gasteiger partial charge in [0.2, 0.25) is 11.8 Å². The Balaban J connectivity index is 1.43. The van der Waals surface area contributed by atoms with Gasteiger partial charge in [-0.15, -0.1) is 0 Å². The number of anilines is 1.